The lowest BCUT2D eigenvalue weighted by Gasteiger charge is -2.29. The summed E-state index contributed by atoms with van der Waals surface area (Å²) >= 11 is 0. The topological polar surface area (TPSA) is 85.4 Å². The minimum atomic E-state index is -0.354. The van der Waals surface area contributed by atoms with Gasteiger partial charge in [0.25, 0.3) is 0 Å². The molecule has 0 bridgehead atoms. The molecule has 4 aromatic carbocycles. The van der Waals surface area contributed by atoms with Crippen LogP contribution in [0.15, 0.2) is 84.9 Å². The number of hydrogen-bond donors (Lipinski definition) is 1. The number of piperidine rings is 1. The Morgan fingerprint density at radius 3 is 2.40 bits per heavy atom. The van der Waals surface area contributed by atoms with Gasteiger partial charge in [0, 0.05) is 45.3 Å². The van der Waals surface area contributed by atoms with Crippen LogP contribution >= 0.6 is 0 Å². The van der Waals surface area contributed by atoms with E-state index < -0.39 is 0 Å². The van der Waals surface area contributed by atoms with Gasteiger partial charge in [-0.15, -0.1) is 5.06 Å². The Balaban J connectivity index is 1.17. The Labute approximate surface area is 275 Å². The molecule has 47 heavy (non-hydrogen) atoms. The fourth-order valence-electron chi connectivity index (χ4n) is 6.80. The molecule has 1 fully saturated rings. The fraction of sp³-hybridized carbons (Fsp3) is 0.308. The minimum Gasteiger partial charge on any atom is -0.396 e. The van der Waals surface area contributed by atoms with Crippen LogP contribution in [0, 0.1) is 12.8 Å². The zero-order chi connectivity index (χ0) is 32.5. The lowest BCUT2D eigenvalue weighted by Crippen LogP contribution is -2.36. The first-order chi connectivity index (χ1) is 22.9. The fourth-order valence-corrected chi connectivity index (χ4v) is 6.80. The van der Waals surface area contributed by atoms with Gasteiger partial charge in [-0.3, -0.25) is 0 Å². The summed E-state index contributed by atoms with van der Waals surface area (Å²) < 4.78 is 4.51. The molecule has 7 rings (SSSR count). The van der Waals surface area contributed by atoms with Gasteiger partial charge in [-0.1, -0.05) is 61.5 Å². The summed E-state index contributed by atoms with van der Waals surface area (Å²) in [5.41, 5.74) is 9.95. The lowest BCUT2D eigenvalue weighted by atomic mass is 9.98. The average molecular weight is 628 g/mol. The van der Waals surface area contributed by atoms with Crippen LogP contribution in [-0.4, -0.2) is 54.9 Å². The van der Waals surface area contributed by atoms with Crippen molar-refractivity contribution in [3.8, 4) is 22.5 Å². The van der Waals surface area contributed by atoms with Crippen LogP contribution in [0.5, 0.6) is 0 Å². The first kappa shape index (κ1) is 30.8. The monoisotopic (exact) mass is 627 g/mol. The molecule has 1 saturated heterocycles. The minimum absolute atomic E-state index is 0.181. The largest absolute Gasteiger partial charge is 0.396 e. The highest BCUT2D eigenvalue weighted by atomic mass is 16.7. The van der Waals surface area contributed by atoms with E-state index in [1.54, 1.807) is 5.06 Å². The molecule has 0 aliphatic carbocycles. The Kier molecular flexibility index (Phi) is 8.62. The van der Waals surface area contributed by atoms with E-state index >= 15 is 0 Å². The molecular weight excluding hydrogens is 586 g/mol. The number of aliphatic hydroxyl groups excluding tert-OH is 1. The van der Waals surface area contributed by atoms with Crippen LogP contribution in [0.25, 0.3) is 44.6 Å². The number of benzene rings is 4. The SMILES string of the molecule is CCCc1nc2c(C)cc(-c3nc4ccccc4n3C)cc2n1Cc1ccc(-c2ccccc2C(=O)ON2CCC(CO)CC2)cc1. The van der Waals surface area contributed by atoms with Gasteiger partial charge in [-0.2, -0.15) is 0 Å². The summed E-state index contributed by atoms with van der Waals surface area (Å²) in [7, 11) is 2.07. The van der Waals surface area contributed by atoms with Gasteiger partial charge < -0.3 is 19.1 Å². The third kappa shape index (κ3) is 6.06. The predicted molar refractivity (Wildman–Crippen MR) is 186 cm³/mol. The van der Waals surface area contributed by atoms with Gasteiger partial charge in [-0.25, -0.2) is 14.8 Å². The third-order valence-corrected chi connectivity index (χ3v) is 9.44. The number of rotatable bonds is 9. The number of nitrogens with zero attached hydrogens (tertiary/aromatic N) is 5. The third-order valence-electron chi connectivity index (χ3n) is 9.44. The average Bonchev–Trinajstić information content (AvgIpc) is 3.62. The first-order valence-electron chi connectivity index (χ1n) is 16.6. The molecule has 6 aromatic rings. The number of carbonyl (C=O) groups is 1. The van der Waals surface area contributed by atoms with Crippen LogP contribution in [0.4, 0.5) is 0 Å². The van der Waals surface area contributed by atoms with E-state index in [2.05, 4.69) is 78.6 Å². The summed E-state index contributed by atoms with van der Waals surface area (Å²) in [5.74, 6) is 1.94. The Bertz CT molecular complexity index is 2050. The molecule has 8 nitrogen and oxygen atoms in total. The van der Waals surface area contributed by atoms with Gasteiger partial charge in [0.1, 0.15) is 11.6 Å². The van der Waals surface area contributed by atoms with Crippen LogP contribution in [0.2, 0.25) is 0 Å². The highest BCUT2D eigenvalue weighted by Crippen LogP contribution is 2.31. The molecule has 1 aliphatic heterocycles. The zero-order valence-electron chi connectivity index (χ0n) is 27.3. The zero-order valence-corrected chi connectivity index (χ0v) is 27.3. The molecule has 3 heterocycles. The number of carbonyl (C=O) groups excluding carboxylic acids is 1. The predicted octanol–water partition coefficient (Wildman–Crippen LogP) is 7.34. The van der Waals surface area contributed by atoms with Gasteiger partial charge in [0.2, 0.25) is 0 Å². The quantitative estimate of drug-likeness (QED) is 0.181. The molecule has 2 aromatic heterocycles. The highest BCUT2D eigenvalue weighted by Gasteiger charge is 2.24. The lowest BCUT2D eigenvalue weighted by molar-refractivity contribution is -0.128. The van der Waals surface area contributed by atoms with Gasteiger partial charge in [0.15, 0.2) is 0 Å². The maximum atomic E-state index is 13.3. The number of para-hydroxylation sites is 2. The smallest absolute Gasteiger partial charge is 0.357 e. The van der Waals surface area contributed by atoms with Crippen LogP contribution in [-0.2, 0) is 24.9 Å². The van der Waals surface area contributed by atoms with Gasteiger partial charge in [-0.05, 0) is 84.7 Å². The molecule has 240 valence electrons. The van der Waals surface area contributed by atoms with Gasteiger partial charge >= 0.3 is 5.97 Å². The normalized spacial score (nSPS) is 14.3. The molecule has 0 amide bonds. The standard InChI is InChI=1S/C39H41N5O3/c1-4-9-36-41-37-26(2)22-30(38-40-33-12-7-8-13-34(33)42(38)3)23-35(37)44(36)24-27-14-16-29(17-15-27)31-10-5-6-11-32(31)39(46)47-43-20-18-28(25-45)19-21-43/h5-8,10-17,22-23,28,45H,4,9,18-21,24-25H2,1-3H3. The van der Waals surface area contributed by atoms with Crippen molar-refractivity contribution >= 4 is 28.0 Å². The Morgan fingerprint density at radius 1 is 0.915 bits per heavy atom. The summed E-state index contributed by atoms with van der Waals surface area (Å²) in [4.78, 5) is 29.1. The molecule has 0 saturated carbocycles. The van der Waals surface area contributed by atoms with Crippen molar-refractivity contribution in [1.82, 2.24) is 24.2 Å². The summed E-state index contributed by atoms with van der Waals surface area (Å²) in [6, 6.07) is 28.7. The maximum Gasteiger partial charge on any atom is 0.357 e. The van der Waals surface area contributed by atoms with Crippen molar-refractivity contribution in [3.63, 3.8) is 0 Å². The summed E-state index contributed by atoms with van der Waals surface area (Å²) in [6.07, 6.45) is 3.53. The van der Waals surface area contributed by atoms with E-state index in [4.69, 9.17) is 14.8 Å². The number of aliphatic hydroxyl groups is 1. The van der Waals surface area contributed by atoms with Crippen molar-refractivity contribution in [2.45, 2.75) is 46.1 Å². The van der Waals surface area contributed by atoms with Crippen molar-refractivity contribution in [2.24, 2.45) is 13.0 Å². The second kappa shape index (κ2) is 13.1. The second-order valence-corrected chi connectivity index (χ2v) is 12.7. The number of aryl methyl sites for hydroxylation is 3. The summed E-state index contributed by atoms with van der Waals surface area (Å²) in [6.45, 7) is 6.46. The van der Waals surface area contributed by atoms with E-state index in [-0.39, 0.29) is 18.5 Å². The number of fused-ring (bicyclic) bond motifs is 2. The van der Waals surface area contributed by atoms with Crippen molar-refractivity contribution in [3.05, 3.63) is 107 Å². The van der Waals surface area contributed by atoms with E-state index in [1.807, 2.05) is 36.4 Å². The Morgan fingerprint density at radius 2 is 1.66 bits per heavy atom. The van der Waals surface area contributed by atoms with E-state index in [0.29, 0.717) is 25.2 Å². The number of aromatic nitrogens is 4. The number of imidazole rings is 2. The second-order valence-electron chi connectivity index (χ2n) is 12.7. The van der Waals surface area contributed by atoms with E-state index in [0.717, 1.165) is 87.2 Å². The van der Waals surface area contributed by atoms with Crippen molar-refractivity contribution in [2.75, 3.05) is 19.7 Å². The van der Waals surface area contributed by atoms with Crippen LogP contribution in [0.1, 0.15) is 53.5 Å². The van der Waals surface area contributed by atoms with E-state index in [9.17, 15) is 9.90 Å². The molecule has 0 radical (unpaired) electrons. The molecule has 1 N–H and O–H groups in total. The molecular formula is C39H41N5O3. The molecule has 0 unspecified atom stereocenters. The van der Waals surface area contributed by atoms with Crippen molar-refractivity contribution in [1.29, 1.82) is 0 Å². The number of hydrogen-bond acceptors (Lipinski definition) is 6. The number of hydroxylamine groups is 2. The van der Waals surface area contributed by atoms with E-state index in [1.165, 1.54) is 0 Å². The Hall–Kier alpha value is -4.79. The maximum absolute atomic E-state index is 13.3. The van der Waals surface area contributed by atoms with Gasteiger partial charge in [0.05, 0.1) is 27.6 Å². The van der Waals surface area contributed by atoms with Crippen molar-refractivity contribution < 1.29 is 14.7 Å². The first-order valence-corrected chi connectivity index (χ1v) is 16.6. The molecule has 0 spiro atoms. The van der Waals surface area contributed by atoms with Crippen LogP contribution < -0.4 is 0 Å². The summed E-state index contributed by atoms with van der Waals surface area (Å²) in [5, 5.41) is 11.2. The molecule has 0 atom stereocenters. The molecule has 1 aliphatic rings. The van der Waals surface area contributed by atoms with Crippen LogP contribution in [0.3, 0.4) is 0 Å². The highest BCUT2D eigenvalue weighted by molar-refractivity contribution is 5.97. The molecule has 8 heteroatoms.